The highest BCUT2D eigenvalue weighted by Gasteiger charge is 2.23. The smallest absolute Gasteiger partial charge is 0.305 e. The van der Waals surface area contributed by atoms with Crippen molar-refractivity contribution in [1.29, 1.82) is 0 Å². The number of hydrogen-bond acceptors (Lipinski definition) is 3. The number of rotatable bonds is 11. The second-order valence-corrected chi connectivity index (χ2v) is 10.5. The Labute approximate surface area is 249 Å². The van der Waals surface area contributed by atoms with Gasteiger partial charge < -0.3 is 15.3 Å². The van der Waals surface area contributed by atoms with Crippen LogP contribution in [0, 0.1) is 6.92 Å². The Kier molecular flexibility index (Phi) is 10.2. The lowest BCUT2D eigenvalue weighted by molar-refractivity contribution is -0.137. The number of carboxylic acid groups (broad SMARTS) is 1. The van der Waals surface area contributed by atoms with Gasteiger partial charge in [0.25, 0.3) is 11.8 Å². The van der Waals surface area contributed by atoms with Crippen LogP contribution in [0.5, 0.6) is 0 Å². The second kappa shape index (κ2) is 14.0. The minimum Gasteiger partial charge on any atom is -0.481 e. The molecule has 0 radical (unpaired) electrons. The zero-order chi connectivity index (χ0) is 29.4. The fraction of sp³-hybridized carbons (Fsp3) is 0.182. The lowest BCUT2D eigenvalue weighted by Crippen LogP contribution is -2.35. The molecule has 4 rings (SSSR count). The molecule has 0 aliphatic carbocycles. The molecule has 0 fully saturated rings. The number of amides is 2. The Balaban J connectivity index is 1.61. The van der Waals surface area contributed by atoms with E-state index in [1.54, 1.807) is 48.5 Å². The number of nitrogens with one attached hydrogen (secondary N) is 1. The van der Waals surface area contributed by atoms with E-state index in [0.29, 0.717) is 45.3 Å². The maximum Gasteiger partial charge on any atom is 0.305 e. The minimum absolute atomic E-state index is 0.0202. The summed E-state index contributed by atoms with van der Waals surface area (Å²) in [6.45, 7) is 2.64. The molecule has 0 aromatic heterocycles. The predicted octanol–water partition coefficient (Wildman–Crippen LogP) is 7.06. The van der Waals surface area contributed by atoms with Crippen LogP contribution in [0.2, 0.25) is 10.0 Å². The minimum atomic E-state index is -1.00. The molecule has 8 heteroatoms. The average molecular weight is 590 g/mol. The Morgan fingerprint density at radius 2 is 1.49 bits per heavy atom. The Hall–Kier alpha value is -4.13. The third-order valence-corrected chi connectivity index (χ3v) is 7.29. The molecule has 0 heterocycles. The summed E-state index contributed by atoms with van der Waals surface area (Å²) in [5.41, 5.74) is 4.90. The number of carbonyl (C=O) groups is 3. The van der Waals surface area contributed by atoms with Gasteiger partial charge in [-0.2, -0.15) is 0 Å². The summed E-state index contributed by atoms with van der Waals surface area (Å²) in [4.78, 5) is 40.1. The molecule has 0 spiro atoms. The van der Waals surface area contributed by atoms with E-state index in [0.717, 1.165) is 16.7 Å². The molecule has 0 bridgehead atoms. The number of benzene rings is 4. The van der Waals surface area contributed by atoms with Crippen LogP contribution >= 0.6 is 23.2 Å². The molecule has 0 aliphatic heterocycles. The highest BCUT2D eigenvalue weighted by Crippen LogP contribution is 2.29. The van der Waals surface area contributed by atoms with Crippen LogP contribution < -0.4 is 5.32 Å². The van der Waals surface area contributed by atoms with Crippen molar-refractivity contribution in [3.8, 4) is 11.1 Å². The molecule has 0 saturated heterocycles. The van der Waals surface area contributed by atoms with Gasteiger partial charge in [0.15, 0.2) is 0 Å². The SMILES string of the molecule is Cc1cccc(CNC(=O)c2ccccc2-c2ccccc2C(=O)N(CCC(=O)O)CCc2ccc(Cl)cc2Cl)c1. The van der Waals surface area contributed by atoms with Gasteiger partial charge in [-0.3, -0.25) is 14.4 Å². The molecule has 41 heavy (non-hydrogen) atoms. The van der Waals surface area contributed by atoms with Crippen molar-refractivity contribution in [2.24, 2.45) is 0 Å². The van der Waals surface area contributed by atoms with Crippen LogP contribution in [0.15, 0.2) is 91.0 Å². The zero-order valence-corrected chi connectivity index (χ0v) is 24.1. The Morgan fingerprint density at radius 1 is 0.805 bits per heavy atom. The molecular formula is C33H30Cl2N2O4. The summed E-state index contributed by atoms with van der Waals surface area (Å²) in [6.07, 6.45) is 0.210. The highest BCUT2D eigenvalue weighted by atomic mass is 35.5. The first kappa shape index (κ1) is 29.8. The number of hydrogen-bond donors (Lipinski definition) is 2. The maximum atomic E-state index is 13.9. The van der Waals surface area contributed by atoms with Gasteiger partial charge in [-0.15, -0.1) is 0 Å². The molecule has 0 saturated carbocycles. The van der Waals surface area contributed by atoms with Gasteiger partial charge in [0.2, 0.25) is 0 Å². The van der Waals surface area contributed by atoms with Crippen LogP contribution in [0.1, 0.15) is 43.8 Å². The van der Waals surface area contributed by atoms with E-state index in [1.165, 1.54) is 4.90 Å². The van der Waals surface area contributed by atoms with Gasteiger partial charge in [-0.25, -0.2) is 0 Å². The van der Waals surface area contributed by atoms with Crippen molar-refractivity contribution in [3.05, 3.63) is 129 Å². The molecule has 4 aromatic carbocycles. The third kappa shape index (κ3) is 7.97. The first-order chi connectivity index (χ1) is 19.7. The molecule has 2 amide bonds. The number of carbonyl (C=O) groups excluding carboxylic acids is 2. The van der Waals surface area contributed by atoms with E-state index in [1.807, 2.05) is 49.4 Å². The quantitative estimate of drug-likeness (QED) is 0.196. The predicted molar refractivity (Wildman–Crippen MR) is 163 cm³/mol. The number of halogens is 2. The maximum absolute atomic E-state index is 13.9. The van der Waals surface area contributed by atoms with Crippen LogP contribution in [-0.2, 0) is 17.8 Å². The van der Waals surface area contributed by atoms with E-state index in [-0.39, 0.29) is 31.3 Å². The highest BCUT2D eigenvalue weighted by molar-refractivity contribution is 6.35. The third-order valence-electron chi connectivity index (χ3n) is 6.70. The van der Waals surface area contributed by atoms with Crippen molar-refractivity contribution < 1.29 is 19.5 Å². The van der Waals surface area contributed by atoms with Gasteiger partial charge in [-0.1, -0.05) is 95.5 Å². The standard InChI is InChI=1S/C33H30Cl2N2O4/c1-22-7-6-8-23(19-22)21-36-32(40)28-11-4-2-9-26(28)27-10-3-5-12-29(27)33(41)37(18-16-31(38)39)17-15-24-13-14-25(34)20-30(24)35/h2-14,19-20H,15-18,21H2,1H3,(H,36,40)(H,38,39). The number of aliphatic carboxylic acids is 1. The van der Waals surface area contributed by atoms with Crippen molar-refractivity contribution in [3.63, 3.8) is 0 Å². The summed E-state index contributed by atoms with van der Waals surface area (Å²) < 4.78 is 0. The lowest BCUT2D eigenvalue weighted by Gasteiger charge is -2.24. The molecule has 0 unspecified atom stereocenters. The second-order valence-electron chi connectivity index (χ2n) is 9.68. The van der Waals surface area contributed by atoms with Crippen molar-refractivity contribution in [2.45, 2.75) is 26.3 Å². The number of aryl methyl sites for hydroxylation is 1. The van der Waals surface area contributed by atoms with E-state index in [2.05, 4.69) is 5.32 Å². The molecular weight excluding hydrogens is 559 g/mol. The summed E-state index contributed by atoms with van der Waals surface area (Å²) in [5, 5.41) is 13.3. The summed E-state index contributed by atoms with van der Waals surface area (Å²) in [6, 6.07) is 27.3. The first-order valence-electron chi connectivity index (χ1n) is 13.2. The van der Waals surface area contributed by atoms with Gasteiger partial charge in [-0.05, 0) is 59.9 Å². The normalized spacial score (nSPS) is 10.7. The van der Waals surface area contributed by atoms with Crippen LogP contribution in [0.3, 0.4) is 0 Å². The molecule has 0 aliphatic rings. The Morgan fingerprint density at radius 3 is 2.17 bits per heavy atom. The van der Waals surface area contributed by atoms with Crippen molar-refractivity contribution in [1.82, 2.24) is 10.2 Å². The van der Waals surface area contributed by atoms with Gasteiger partial charge in [0.1, 0.15) is 0 Å². The van der Waals surface area contributed by atoms with Crippen molar-refractivity contribution >= 4 is 41.0 Å². The Bertz CT molecular complexity index is 1570. The van der Waals surface area contributed by atoms with E-state index >= 15 is 0 Å². The van der Waals surface area contributed by atoms with E-state index in [9.17, 15) is 19.5 Å². The van der Waals surface area contributed by atoms with Gasteiger partial charge in [0, 0.05) is 40.8 Å². The summed E-state index contributed by atoms with van der Waals surface area (Å²) >= 11 is 12.4. The fourth-order valence-corrected chi connectivity index (χ4v) is 5.12. The number of nitrogens with zero attached hydrogens (tertiary/aromatic N) is 1. The lowest BCUT2D eigenvalue weighted by atomic mass is 9.94. The topological polar surface area (TPSA) is 86.7 Å². The summed E-state index contributed by atoms with van der Waals surface area (Å²) in [7, 11) is 0. The monoisotopic (exact) mass is 588 g/mol. The molecule has 210 valence electrons. The van der Waals surface area contributed by atoms with E-state index < -0.39 is 5.97 Å². The first-order valence-corrected chi connectivity index (χ1v) is 14.0. The molecule has 2 N–H and O–H groups in total. The number of carboxylic acids is 1. The van der Waals surface area contributed by atoms with Crippen LogP contribution in [0.4, 0.5) is 0 Å². The average Bonchev–Trinajstić information content (AvgIpc) is 2.96. The van der Waals surface area contributed by atoms with Gasteiger partial charge in [0.05, 0.1) is 6.42 Å². The van der Waals surface area contributed by atoms with Crippen LogP contribution in [-0.4, -0.2) is 40.9 Å². The van der Waals surface area contributed by atoms with Gasteiger partial charge >= 0.3 is 5.97 Å². The van der Waals surface area contributed by atoms with E-state index in [4.69, 9.17) is 23.2 Å². The molecule has 0 atom stereocenters. The molecule has 6 nitrogen and oxygen atoms in total. The fourth-order valence-electron chi connectivity index (χ4n) is 4.62. The zero-order valence-electron chi connectivity index (χ0n) is 22.6. The largest absolute Gasteiger partial charge is 0.481 e. The molecule has 4 aromatic rings. The summed E-state index contributed by atoms with van der Waals surface area (Å²) in [5.74, 6) is -1.59. The van der Waals surface area contributed by atoms with Crippen LogP contribution in [0.25, 0.3) is 11.1 Å². The van der Waals surface area contributed by atoms with Crippen molar-refractivity contribution in [2.75, 3.05) is 13.1 Å².